The van der Waals surface area contributed by atoms with E-state index in [1.54, 1.807) is 6.07 Å². The Morgan fingerprint density at radius 2 is 2.37 bits per heavy atom. The summed E-state index contributed by atoms with van der Waals surface area (Å²) in [4.78, 5) is 22.7. The largest absolute Gasteiger partial charge is 0.494 e. The summed E-state index contributed by atoms with van der Waals surface area (Å²) in [6.45, 7) is 0.214. The second-order valence-electron chi connectivity index (χ2n) is 4.35. The van der Waals surface area contributed by atoms with Gasteiger partial charge in [0.25, 0.3) is 0 Å². The van der Waals surface area contributed by atoms with Gasteiger partial charge in [-0.05, 0) is 24.1 Å². The number of hydrogen-bond acceptors (Lipinski definition) is 3. The van der Waals surface area contributed by atoms with Crippen molar-refractivity contribution in [2.45, 2.75) is 25.4 Å². The van der Waals surface area contributed by atoms with Crippen molar-refractivity contribution in [3.05, 3.63) is 29.6 Å². The van der Waals surface area contributed by atoms with Crippen LogP contribution < -0.4 is 15.4 Å². The average molecular weight is 266 g/mol. The van der Waals surface area contributed by atoms with Crippen molar-refractivity contribution in [1.82, 2.24) is 10.6 Å². The van der Waals surface area contributed by atoms with Gasteiger partial charge in [0.2, 0.25) is 11.8 Å². The maximum Gasteiger partial charge on any atom is 0.242 e. The number of benzene rings is 1. The van der Waals surface area contributed by atoms with Crippen molar-refractivity contribution < 1.29 is 18.7 Å². The molecule has 1 unspecified atom stereocenters. The first kappa shape index (κ1) is 13.3. The quantitative estimate of drug-likeness (QED) is 0.844. The van der Waals surface area contributed by atoms with Gasteiger partial charge in [-0.1, -0.05) is 6.07 Å². The summed E-state index contributed by atoms with van der Waals surface area (Å²) in [5.41, 5.74) is 0.635. The van der Waals surface area contributed by atoms with Crippen molar-refractivity contribution in [3.63, 3.8) is 0 Å². The van der Waals surface area contributed by atoms with E-state index in [0.717, 1.165) is 0 Å². The van der Waals surface area contributed by atoms with Crippen LogP contribution in [0.2, 0.25) is 0 Å². The number of halogens is 1. The molecule has 19 heavy (non-hydrogen) atoms. The maximum absolute atomic E-state index is 13.4. The predicted octanol–water partition coefficient (Wildman–Crippen LogP) is 0.729. The molecule has 0 bridgehead atoms. The summed E-state index contributed by atoms with van der Waals surface area (Å²) in [6, 6.07) is 4.02. The molecule has 1 aliphatic heterocycles. The number of hydrogen-bond donors (Lipinski definition) is 2. The third kappa shape index (κ3) is 3.21. The molecule has 2 rings (SSSR count). The predicted molar refractivity (Wildman–Crippen MR) is 66.0 cm³/mol. The molecule has 1 aliphatic rings. The van der Waals surface area contributed by atoms with E-state index < -0.39 is 11.9 Å². The van der Waals surface area contributed by atoms with Crippen LogP contribution in [0.25, 0.3) is 0 Å². The molecule has 1 atom stereocenters. The Morgan fingerprint density at radius 1 is 1.58 bits per heavy atom. The molecule has 2 N–H and O–H groups in total. The summed E-state index contributed by atoms with van der Waals surface area (Å²) >= 11 is 0. The monoisotopic (exact) mass is 266 g/mol. The summed E-state index contributed by atoms with van der Waals surface area (Å²) in [6.07, 6.45) is 0.872. The Balaban J connectivity index is 1.90. The van der Waals surface area contributed by atoms with Gasteiger partial charge in [-0.25, -0.2) is 4.39 Å². The fourth-order valence-electron chi connectivity index (χ4n) is 1.94. The minimum Gasteiger partial charge on any atom is -0.494 e. The van der Waals surface area contributed by atoms with E-state index >= 15 is 0 Å². The van der Waals surface area contributed by atoms with Crippen LogP contribution in [0.5, 0.6) is 5.75 Å². The lowest BCUT2D eigenvalue weighted by Gasteiger charge is -2.11. The van der Waals surface area contributed by atoms with Gasteiger partial charge in [0, 0.05) is 13.0 Å². The number of nitrogens with one attached hydrogen (secondary N) is 2. The molecule has 0 radical (unpaired) electrons. The molecule has 1 saturated heterocycles. The molecule has 0 aliphatic carbocycles. The topological polar surface area (TPSA) is 67.4 Å². The van der Waals surface area contributed by atoms with Crippen molar-refractivity contribution in [3.8, 4) is 5.75 Å². The number of amides is 2. The standard InChI is InChI=1S/C13H15FN2O3/c1-19-11-4-2-8(6-9(11)14)7-15-13(18)10-3-5-12(17)16-10/h2,4,6,10H,3,5,7H2,1H3,(H,15,18)(H,16,17). The second-order valence-corrected chi connectivity index (χ2v) is 4.35. The highest BCUT2D eigenvalue weighted by Gasteiger charge is 2.26. The van der Waals surface area contributed by atoms with Crippen LogP contribution in [-0.4, -0.2) is 25.0 Å². The van der Waals surface area contributed by atoms with E-state index in [-0.39, 0.29) is 24.1 Å². The Bertz CT molecular complexity index is 505. The molecule has 5 nitrogen and oxygen atoms in total. The molecule has 0 aromatic heterocycles. The van der Waals surface area contributed by atoms with Gasteiger partial charge in [0.15, 0.2) is 11.6 Å². The zero-order chi connectivity index (χ0) is 13.8. The lowest BCUT2D eigenvalue weighted by atomic mass is 10.2. The Kier molecular flexibility index (Phi) is 3.99. The number of carbonyl (C=O) groups excluding carboxylic acids is 2. The molecular formula is C13H15FN2O3. The third-order valence-corrected chi connectivity index (χ3v) is 2.99. The van der Waals surface area contributed by atoms with Gasteiger partial charge < -0.3 is 15.4 Å². The van der Waals surface area contributed by atoms with Crippen LogP contribution in [0.15, 0.2) is 18.2 Å². The van der Waals surface area contributed by atoms with Gasteiger partial charge in [-0.3, -0.25) is 9.59 Å². The summed E-state index contributed by atoms with van der Waals surface area (Å²) < 4.78 is 18.2. The van der Waals surface area contributed by atoms with Gasteiger partial charge in [-0.2, -0.15) is 0 Å². The summed E-state index contributed by atoms with van der Waals surface area (Å²) in [7, 11) is 1.39. The van der Waals surface area contributed by atoms with Gasteiger partial charge in [0.05, 0.1) is 7.11 Å². The van der Waals surface area contributed by atoms with Crippen molar-refractivity contribution in [2.75, 3.05) is 7.11 Å². The van der Waals surface area contributed by atoms with Crippen molar-refractivity contribution in [1.29, 1.82) is 0 Å². The van der Waals surface area contributed by atoms with E-state index in [1.807, 2.05) is 0 Å². The first-order valence-corrected chi connectivity index (χ1v) is 5.99. The van der Waals surface area contributed by atoms with Crippen LogP contribution in [-0.2, 0) is 16.1 Å². The summed E-state index contributed by atoms with van der Waals surface area (Å²) in [5.74, 6) is -0.667. The third-order valence-electron chi connectivity index (χ3n) is 2.99. The highest BCUT2D eigenvalue weighted by Crippen LogP contribution is 2.17. The Hall–Kier alpha value is -2.11. The van der Waals surface area contributed by atoms with Crippen LogP contribution >= 0.6 is 0 Å². The molecule has 6 heteroatoms. The lowest BCUT2D eigenvalue weighted by Crippen LogP contribution is -2.41. The van der Waals surface area contributed by atoms with E-state index in [2.05, 4.69) is 10.6 Å². The van der Waals surface area contributed by atoms with Crippen molar-refractivity contribution >= 4 is 11.8 Å². The van der Waals surface area contributed by atoms with Crippen LogP contribution in [0.1, 0.15) is 18.4 Å². The molecular weight excluding hydrogens is 251 g/mol. The first-order valence-electron chi connectivity index (χ1n) is 5.99. The zero-order valence-corrected chi connectivity index (χ0v) is 10.5. The minimum absolute atomic E-state index is 0.115. The molecule has 1 fully saturated rings. The fraction of sp³-hybridized carbons (Fsp3) is 0.385. The molecule has 0 saturated carbocycles. The number of carbonyl (C=O) groups is 2. The molecule has 0 spiro atoms. The molecule has 1 aromatic carbocycles. The zero-order valence-electron chi connectivity index (χ0n) is 10.5. The van der Waals surface area contributed by atoms with E-state index in [1.165, 1.54) is 19.2 Å². The lowest BCUT2D eigenvalue weighted by molar-refractivity contribution is -0.125. The smallest absolute Gasteiger partial charge is 0.242 e. The molecule has 1 heterocycles. The van der Waals surface area contributed by atoms with Crippen LogP contribution in [0.4, 0.5) is 4.39 Å². The Labute approximate surface area is 110 Å². The Morgan fingerprint density at radius 3 is 2.95 bits per heavy atom. The fourth-order valence-corrected chi connectivity index (χ4v) is 1.94. The van der Waals surface area contributed by atoms with Crippen LogP contribution in [0, 0.1) is 5.82 Å². The highest BCUT2D eigenvalue weighted by molar-refractivity contribution is 5.90. The normalized spacial score (nSPS) is 18.0. The van der Waals surface area contributed by atoms with E-state index in [9.17, 15) is 14.0 Å². The highest BCUT2D eigenvalue weighted by atomic mass is 19.1. The minimum atomic E-state index is -0.476. The molecule has 102 valence electrons. The number of rotatable bonds is 4. The van der Waals surface area contributed by atoms with Gasteiger partial charge in [0.1, 0.15) is 6.04 Å². The average Bonchev–Trinajstić information content (AvgIpc) is 2.83. The van der Waals surface area contributed by atoms with Gasteiger partial charge in [-0.15, -0.1) is 0 Å². The number of ether oxygens (including phenoxy) is 1. The van der Waals surface area contributed by atoms with E-state index in [0.29, 0.717) is 18.4 Å². The summed E-state index contributed by atoms with van der Waals surface area (Å²) in [5, 5.41) is 5.24. The second kappa shape index (κ2) is 5.69. The first-order chi connectivity index (χ1) is 9.10. The van der Waals surface area contributed by atoms with Crippen molar-refractivity contribution in [2.24, 2.45) is 0 Å². The van der Waals surface area contributed by atoms with Crippen LogP contribution in [0.3, 0.4) is 0 Å². The number of methoxy groups -OCH3 is 1. The van der Waals surface area contributed by atoms with E-state index in [4.69, 9.17) is 4.74 Å². The maximum atomic E-state index is 13.4. The SMILES string of the molecule is COc1ccc(CNC(=O)C2CCC(=O)N2)cc1F. The molecule has 2 amide bonds. The molecule has 1 aromatic rings. The van der Waals surface area contributed by atoms with Gasteiger partial charge >= 0.3 is 0 Å².